The average Bonchev–Trinajstić information content (AvgIpc) is 3.17. The number of carbonyl (C=O) groups excluding carboxylic acids is 1. The van der Waals surface area contributed by atoms with E-state index in [9.17, 15) is 4.79 Å². The Morgan fingerprint density at radius 2 is 1.91 bits per heavy atom. The monoisotopic (exact) mass is 425 g/mol. The van der Waals surface area contributed by atoms with E-state index in [0.717, 1.165) is 53.5 Å². The predicted molar refractivity (Wildman–Crippen MR) is 132 cm³/mol. The van der Waals surface area contributed by atoms with Gasteiger partial charge in [-0.15, -0.1) is 0 Å². The number of fused-ring (bicyclic) bond motifs is 2. The standard InChI is InChI=1S/C28H31N3O/c1-19-14-16-25-23(18-19)22(11-7-13-27(32)29-21-9-3-2-4-10-21)28(31-25)26-17-15-20-8-5-6-12-24(20)30-26/h5-6,8,12,14-18,21,31H,2-4,7,9-11,13H2,1H3,(H,29,32). The Morgan fingerprint density at radius 3 is 2.78 bits per heavy atom. The van der Waals surface area contributed by atoms with Crippen LogP contribution >= 0.6 is 0 Å². The minimum absolute atomic E-state index is 0.193. The summed E-state index contributed by atoms with van der Waals surface area (Å²) in [7, 11) is 0. The Morgan fingerprint density at radius 1 is 1.06 bits per heavy atom. The topological polar surface area (TPSA) is 57.8 Å². The summed E-state index contributed by atoms with van der Waals surface area (Å²) in [5.41, 5.74) is 6.66. The van der Waals surface area contributed by atoms with Crippen molar-refractivity contribution >= 4 is 27.7 Å². The van der Waals surface area contributed by atoms with Gasteiger partial charge in [-0.1, -0.05) is 55.2 Å². The summed E-state index contributed by atoms with van der Waals surface area (Å²) in [6.07, 6.45) is 8.29. The maximum atomic E-state index is 12.5. The number of aromatic amines is 1. The second-order valence-corrected chi connectivity index (χ2v) is 9.17. The molecule has 2 N–H and O–H groups in total. The number of nitrogens with one attached hydrogen (secondary N) is 2. The fourth-order valence-corrected chi connectivity index (χ4v) is 5.02. The highest BCUT2D eigenvalue weighted by atomic mass is 16.1. The molecular weight excluding hydrogens is 394 g/mol. The van der Waals surface area contributed by atoms with Gasteiger partial charge < -0.3 is 10.3 Å². The van der Waals surface area contributed by atoms with Gasteiger partial charge in [0.25, 0.3) is 0 Å². The second-order valence-electron chi connectivity index (χ2n) is 9.17. The molecule has 4 heteroatoms. The molecule has 5 rings (SSSR count). The number of amides is 1. The molecule has 0 saturated heterocycles. The van der Waals surface area contributed by atoms with Crippen LogP contribution in [0, 0.1) is 6.92 Å². The van der Waals surface area contributed by atoms with E-state index in [1.165, 1.54) is 35.8 Å². The van der Waals surface area contributed by atoms with Gasteiger partial charge in [0.2, 0.25) is 5.91 Å². The Labute approximate surface area is 189 Å². The van der Waals surface area contributed by atoms with Crippen molar-refractivity contribution in [3.63, 3.8) is 0 Å². The van der Waals surface area contributed by atoms with Crippen LogP contribution in [0.3, 0.4) is 0 Å². The third-order valence-corrected chi connectivity index (χ3v) is 6.72. The van der Waals surface area contributed by atoms with Crippen LogP contribution in [0.2, 0.25) is 0 Å². The first-order valence-corrected chi connectivity index (χ1v) is 11.9. The van der Waals surface area contributed by atoms with Gasteiger partial charge in [-0.2, -0.15) is 0 Å². The van der Waals surface area contributed by atoms with E-state index in [4.69, 9.17) is 4.98 Å². The molecule has 1 fully saturated rings. The molecule has 164 valence electrons. The van der Waals surface area contributed by atoms with Crippen LogP contribution in [0.4, 0.5) is 0 Å². The summed E-state index contributed by atoms with van der Waals surface area (Å²) in [4.78, 5) is 21.1. The fourth-order valence-electron chi connectivity index (χ4n) is 5.02. The van der Waals surface area contributed by atoms with E-state index in [1.54, 1.807) is 0 Å². The Kier molecular flexibility index (Phi) is 5.93. The first-order chi connectivity index (χ1) is 15.7. The molecule has 2 aromatic carbocycles. The zero-order chi connectivity index (χ0) is 21.9. The lowest BCUT2D eigenvalue weighted by molar-refractivity contribution is -0.122. The SMILES string of the molecule is Cc1ccc2[nH]c(-c3ccc4ccccc4n3)c(CCCC(=O)NC3CCCCC3)c2c1. The molecule has 4 nitrogen and oxygen atoms in total. The summed E-state index contributed by atoms with van der Waals surface area (Å²) in [6.45, 7) is 2.13. The number of hydrogen-bond donors (Lipinski definition) is 2. The predicted octanol–water partition coefficient (Wildman–Crippen LogP) is 6.46. The fraction of sp³-hybridized carbons (Fsp3) is 0.357. The highest BCUT2D eigenvalue weighted by Crippen LogP contribution is 2.32. The quantitative estimate of drug-likeness (QED) is 0.372. The van der Waals surface area contributed by atoms with Crippen molar-refractivity contribution < 1.29 is 4.79 Å². The lowest BCUT2D eigenvalue weighted by Crippen LogP contribution is -2.36. The van der Waals surface area contributed by atoms with Crippen LogP contribution in [0.15, 0.2) is 54.6 Å². The Bertz CT molecular complexity index is 1250. The molecule has 1 aliphatic rings. The molecule has 1 amide bonds. The smallest absolute Gasteiger partial charge is 0.220 e. The van der Waals surface area contributed by atoms with Crippen molar-refractivity contribution in [3.8, 4) is 11.4 Å². The molecule has 2 aromatic heterocycles. The molecular formula is C28H31N3O. The van der Waals surface area contributed by atoms with Gasteiger partial charge in [0, 0.05) is 28.8 Å². The second kappa shape index (κ2) is 9.15. The third kappa shape index (κ3) is 4.40. The number of para-hydroxylation sites is 1. The molecule has 1 aliphatic carbocycles. The van der Waals surface area contributed by atoms with E-state index >= 15 is 0 Å². The maximum Gasteiger partial charge on any atom is 0.220 e. The van der Waals surface area contributed by atoms with Crippen LogP contribution in [-0.4, -0.2) is 21.9 Å². The van der Waals surface area contributed by atoms with Gasteiger partial charge in [-0.25, -0.2) is 4.98 Å². The van der Waals surface area contributed by atoms with E-state index < -0.39 is 0 Å². The molecule has 0 radical (unpaired) electrons. The van der Waals surface area contributed by atoms with E-state index in [0.29, 0.717) is 12.5 Å². The Balaban J connectivity index is 1.39. The normalized spacial score (nSPS) is 14.8. The summed E-state index contributed by atoms with van der Waals surface area (Å²) in [5.74, 6) is 0.193. The molecule has 32 heavy (non-hydrogen) atoms. The number of hydrogen-bond acceptors (Lipinski definition) is 2. The summed E-state index contributed by atoms with van der Waals surface area (Å²) in [5, 5.41) is 5.63. The van der Waals surface area contributed by atoms with Crippen molar-refractivity contribution in [2.45, 2.75) is 64.3 Å². The number of benzene rings is 2. The number of pyridine rings is 1. The number of aromatic nitrogens is 2. The number of aryl methyl sites for hydroxylation is 2. The van der Waals surface area contributed by atoms with E-state index in [1.807, 2.05) is 12.1 Å². The lowest BCUT2D eigenvalue weighted by Gasteiger charge is -2.22. The number of nitrogens with zero attached hydrogens (tertiary/aromatic N) is 1. The van der Waals surface area contributed by atoms with Crippen molar-refractivity contribution in [2.24, 2.45) is 0 Å². The molecule has 1 saturated carbocycles. The van der Waals surface area contributed by atoms with Gasteiger partial charge in [0.1, 0.15) is 0 Å². The average molecular weight is 426 g/mol. The summed E-state index contributed by atoms with van der Waals surface area (Å²) >= 11 is 0. The van der Waals surface area contributed by atoms with Crippen LogP contribution in [0.1, 0.15) is 56.1 Å². The maximum absolute atomic E-state index is 12.5. The van der Waals surface area contributed by atoms with Gasteiger partial charge >= 0.3 is 0 Å². The van der Waals surface area contributed by atoms with Crippen molar-refractivity contribution in [1.29, 1.82) is 0 Å². The first-order valence-electron chi connectivity index (χ1n) is 11.9. The minimum Gasteiger partial charge on any atom is -0.353 e. The zero-order valence-corrected chi connectivity index (χ0v) is 18.8. The molecule has 0 spiro atoms. The number of H-pyrrole nitrogens is 1. The van der Waals surface area contributed by atoms with Crippen LogP contribution in [0.5, 0.6) is 0 Å². The van der Waals surface area contributed by atoms with Crippen molar-refractivity contribution in [1.82, 2.24) is 15.3 Å². The molecule has 0 bridgehead atoms. The van der Waals surface area contributed by atoms with Crippen LogP contribution in [-0.2, 0) is 11.2 Å². The highest BCUT2D eigenvalue weighted by molar-refractivity contribution is 5.92. The van der Waals surface area contributed by atoms with Crippen molar-refractivity contribution in [2.75, 3.05) is 0 Å². The van der Waals surface area contributed by atoms with Crippen LogP contribution in [0.25, 0.3) is 33.2 Å². The first kappa shape index (κ1) is 20.7. The van der Waals surface area contributed by atoms with Crippen LogP contribution < -0.4 is 5.32 Å². The Hall–Kier alpha value is -3.14. The van der Waals surface area contributed by atoms with Gasteiger partial charge in [0.05, 0.1) is 16.9 Å². The third-order valence-electron chi connectivity index (χ3n) is 6.72. The summed E-state index contributed by atoms with van der Waals surface area (Å²) in [6, 6.07) is 19.4. The largest absolute Gasteiger partial charge is 0.353 e. The molecule has 4 aromatic rings. The van der Waals surface area contributed by atoms with E-state index in [2.05, 4.69) is 59.7 Å². The number of carbonyl (C=O) groups is 1. The number of rotatable bonds is 6. The molecule has 2 heterocycles. The molecule has 0 unspecified atom stereocenters. The van der Waals surface area contributed by atoms with E-state index in [-0.39, 0.29) is 5.91 Å². The summed E-state index contributed by atoms with van der Waals surface area (Å²) < 4.78 is 0. The molecule has 0 aliphatic heterocycles. The van der Waals surface area contributed by atoms with Gasteiger partial charge in [-0.3, -0.25) is 4.79 Å². The lowest BCUT2D eigenvalue weighted by atomic mass is 9.95. The highest BCUT2D eigenvalue weighted by Gasteiger charge is 2.17. The van der Waals surface area contributed by atoms with Crippen molar-refractivity contribution in [3.05, 3.63) is 65.7 Å². The van der Waals surface area contributed by atoms with Gasteiger partial charge in [-0.05, 0) is 62.4 Å². The minimum atomic E-state index is 0.193. The zero-order valence-electron chi connectivity index (χ0n) is 18.8. The van der Waals surface area contributed by atoms with Gasteiger partial charge in [0.15, 0.2) is 0 Å². The molecule has 0 atom stereocenters.